The predicted octanol–water partition coefficient (Wildman–Crippen LogP) is 0.587. The van der Waals surface area contributed by atoms with Gasteiger partial charge in [-0.25, -0.2) is 0 Å². The molecule has 1 N–H and O–H groups in total. The van der Waals surface area contributed by atoms with Crippen LogP contribution >= 0.6 is 12.2 Å². The summed E-state index contributed by atoms with van der Waals surface area (Å²) in [7, 11) is 0. The zero-order valence-electron chi connectivity index (χ0n) is 5.68. The third-order valence-electron chi connectivity index (χ3n) is 1.47. The first-order valence-corrected chi connectivity index (χ1v) is 3.78. The number of thiocarbonyl (C=S) groups is 1. The van der Waals surface area contributed by atoms with Crippen molar-refractivity contribution in [2.24, 2.45) is 0 Å². The minimum atomic E-state index is 0.920. The summed E-state index contributed by atoms with van der Waals surface area (Å²) in [6.45, 7) is 5.29. The van der Waals surface area contributed by atoms with E-state index in [1.807, 2.05) is 0 Å². The molecule has 1 rings (SSSR count). The van der Waals surface area contributed by atoms with Gasteiger partial charge in [-0.15, -0.1) is 0 Å². The van der Waals surface area contributed by atoms with Crippen LogP contribution in [-0.4, -0.2) is 29.6 Å². The lowest BCUT2D eigenvalue weighted by Gasteiger charge is -2.33. The number of hydrogen-bond acceptors (Lipinski definition) is 1. The fourth-order valence-electron chi connectivity index (χ4n) is 0.782. The Hall–Kier alpha value is -0.310. The highest BCUT2D eigenvalue weighted by atomic mass is 32.1. The Morgan fingerprint density at radius 2 is 2.33 bits per heavy atom. The Bertz CT molecular complexity index is 110. The number of nitrogens with zero attached hydrogens (tertiary/aromatic N) is 1. The lowest BCUT2D eigenvalue weighted by atomic mass is 10.2. The van der Waals surface area contributed by atoms with Crippen molar-refractivity contribution in [3.8, 4) is 0 Å². The Balaban J connectivity index is 2.16. The first-order chi connectivity index (χ1) is 4.34. The lowest BCUT2D eigenvalue weighted by Crippen LogP contribution is -2.47. The van der Waals surface area contributed by atoms with Gasteiger partial charge >= 0.3 is 0 Å². The highest BCUT2D eigenvalue weighted by Gasteiger charge is 2.15. The molecule has 0 aromatic rings. The summed E-state index contributed by atoms with van der Waals surface area (Å²) in [4.78, 5) is 2.18. The summed E-state index contributed by atoms with van der Waals surface area (Å²) in [5, 5.41) is 4.02. The molecule has 0 bridgehead atoms. The van der Waals surface area contributed by atoms with Crippen LogP contribution in [0.2, 0.25) is 0 Å². The third kappa shape index (κ3) is 1.55. The number of rotatable bonds is 1. The average Bonchev–Trinajstić information content (AvgIpc) is 1.60. The van der Waals surface area contributed by atoms with Crippen LogP contribution in [0.5, 0.6) is 0 Å². The summed E-state index contributed by atoms with van der Waals surface area (Å²) in [6.07, 6.45) is 1.30. The minimum Gasteiger partial charge on any atom is -0.363 e. The molecule has 52 valence electrons. The van der Waals surface area contributed by atoms with Crippen LogP contribution in [0.1, 0.15) is 13.3 Å². The first-order valence-electron chi connectivity index (χ1n) is 3.37. The van der Waals surface area contributed by atoms with E-state index in [2.05, 4.69) is 17.1 Å². The molecule has 0 radical (unpaired) electrons. The zero-order valence-corrected chi connectivity index (χ0v) is 6.50. The van der Waals surface area contributed by atoms with Gasteiger partial charge in [0, 0.05) is 19.6 Å². The first kappa shape index (κ1) is 6.81. The van der Waals surface area contributed by atoms with Gasteiger partial charge in [0.1, 0.15) is 0 Å². The van der Waals surface area contributed by atoms with Crippen molar-refractivity contribution in [2.45, 2.75) is 13.3 Å². The van der Waals surface area contributed by atoms with E-state index in [1.165, 1.54) is 6.42 Å². The van der Waals surface area contributed by atoms with Crippen molar-refractivity contribution in [3.05, 3.63) is 0 Å². The van der Waals surface area contributed by atoms with Gasteiger partial charge in [-0.2, -0.15) is 0 Å². The van der Waals surface area contributed by atoms with Gasteiger partial charge in [0.15, 0.2) is 5.11 Å². The summed E-state index contributed by atoms with van der Waals surface area (Å²) >= 11 is 5.04. The topological polar surface area (TPSA) is 15.3 Å². The van der Waals surface area contributed by atoms with Gasteiger partial charge in [-0.1, -0.05) is 0 Å². The van der Waals surface area contributed by atoms with Crippen LogP contribution in [0.3, 0.4) is 0 Å². The third-order valence-corrected chi connectivity index (χ3v) is 1.87. The van der Waals surface area contributed by atoms with E-state index in [-0.39, 0.29) is 0 Å². The Morgan fingerprint density at radius 1 is 1.67 bits per heavy atom. The average molecular weight is 144 g/mol. The molecule has 0 spiro atoms. The molecule has 0 aromatic heterocycles. The van der Waals surface area contributed by atoms with Gasteiger partial charge < -0.3 is 10.2 Å². The molecule has 1 aliphatic rings. The standard InChI is InChI=1S/C6H12N2S/c1-2-7-6(9)8-4-3-5-8/h2-5H2,1H3,(H,7,9). The maximum Gasteiger partial charge on any atom is 0.168 e. The highest BCUT2D eigenvalue weighted by molar-refractivity contribution is 7.80. The molecule has 1 aliphatic heterocycles. The van der Waals surface area contributed by atoms with Gasteiger partial charge in [0.05, 0.1) is 0 Å². The summed E-state index contributed by atoms with van der Waals surface area (Å²) in [5.74, 6) is 0. The SMILES string of the molecule is CCNC(=S)N1CCC1. The number of likely N-dealkylation sites (tertiary alicyclic amines) is 1. The lowest BCUT2D eigenvalue weighted by molar-refractivity contribution is 0.296. The smallest absolute Gasteiger partial charge is 0.168 e. The normalized spacial score (nSPS) is 16.8. The second-order valence-electron chi connectivity index (χ2n) is 2.18. The van der Waals surface area contributed by atoms with E-state index in [9.17, 15) is 0 Å². The Morgan fingerprint density at radius 3 is 2.67 bits per heavy atom. The van der Waals surface area contributed by atoms with E-state index < -0.39 is 0 Å². The molecule has 2 nitrogen and oxygen atoms in total. The van der Waals surface area contributed by atoms with Crippen LogP contribution in [0.25, 0.3) is 0 Å². The van der Waals surface area contributed by atoms with Crippen molar-refractivity contribution < 1.29 is 0 Å². The van der Waals surface area contributed by atoms with E-state index in [1.54, 1.807) is 0 Å². The Labute approximate surface area is 61.2 Å². The van der Waals surface area contributed by atoms with E-state index in [4.69, 9.17) is 12.2 Å². The molecule has 1 fully saturated rings. The largest absolute Gasteiger partial charge is 0.363 e. The molecule has 0 atom stereocenters. The minimum absolute atomic E-state index is 0.920. The zero-order chi connectivity index (χ0) is 6.69. The molecule has 0 saturated carbocycles. The quantitative estimate of drug-likeness (QED) is 0.542. The molecule has 0 unspecified atom stereocenters. The van der Waals surface area contributed by atoms with Crippen molar-refractivity contribution in [1.82, 2.24) is 10.2 Å². The second kappa shape index (κ2) is 3.01. The van der Waals surface area contributed by atoms with E-state index in [0.29, 0.717) is 0 Å². The molecule has 1 saturated heterocycles. The summed E-state index contributed by atoms with van der Waals surface area (Å²) in [6, 6.07) is 0. The van der Waals surface area contributed by atoms with Crippen molar-refractivity contribution in [2.75, 3.05) is 19.6 Å². The maximum absolute atomic E-state index is 5.04. The molecule has 1 heterocycles. The molecule has 0 amide bonds. The van der Waals surface area contributed by atoms with E-state index >= 15 is 0 Å². The highest BCUT2D eigenvalue weighted by Crippen LogP contribution is 2.04. The number of nitrogens with one attached hydrogen (secondary N) is 1. The van der Waals surface area contributed by atoms with Crippen molar-refractivity contribution >= 4 is 17.3 Å². The van der Waals surface area contributed by atoms with Gasteiger partial charge in [0.25, 0.3) is 0 Å². The maximum atomic E-state index is 5.04. The fraction of sp³-hybridized carbons (Fsp3) is 0.833. The van der Waals surface area contributed by atoms with Crippen LogP contribution < -0.4 is 5.32 Å². The summed E-state index contributed by atoms with van der Waals surface area (Å²) in [5.41, 5.74) is 0. The van der Waals surface area contributed by atoms with Crippen molar-refractivity contribution in [1.29, 1.82) is 0 Å². The predicted molar refractivity (Wildman–Crippen MR) is 42.5 cm³/mol. The fourth-order valence-corrected chi connectivity index (χ4v) is 1.11. The molecule has 0 aromatic carbocycles. The van der Waals surface area contributed by atoms with Gasteiger partial charge in [-0.05, 0) is 25.6 Å². The molecular formula is C6H12N2S. The second-order valence-corrected chi connectivity index (χ2v) is 2.56. The van der Waals surface area contributed by atoms with Gasteiger partial charge in [-0.3, -0.25) is 0 Å². The van der Waals surface area contributed by atoms with Crippen molar-refractivity contribution in [3.63, 3.8) is 0 Å². The number of hydrogen-bond donors (Lipinski definition) is 1. The molecule has 9 heavy (non-hydrogen) atoms. The molecule has 3 heteroatoms. The molecule has 0 aliphatic carbocycles. The van der Waals surface area contributed by atoms with Crippen LogP contribution in [0.4, 0.5) is 0 Å². The van der Waals surface area contributed by atoms with E-state index in [0.717, 1.165) is 24.7 Å². The monoisotopic (exact) mass is 144 g/mol. The Kier molecular flexibility index (Phi) is 2.28. The van der Waals surface area contributed by atoms with Crippen LogP contribution in [-0.2, 0) is 0 Å². The van der Waals surface area contributed by atoms with Crippen LogP contribution in [0, 0.1) is 0 Å². The summed E-state index contributed by atoms with van der Waals surface area (Å²) < 4.78 is 0. The van der Waals surface area contributed by atoms with Gasteiger partial charge in [0.2, 0.25) is 0 Å². The van der Waals surface area contributed by atoms with Crippen LogP contribution in [0.15, 0.2) is 0 Å². The molecular weight excluding hydrogens is 132 g/mol.